The molecular weight excluding hydrogens is 266 g/mol. The van der Waals surface area contributed by atoms with Crippen LogP contribution >= 0.6 is 0 Å². The van der Waals surface area contributed by atoms with E-state index in [1.54, 1.807) is 6.07 Å². The molecule has 112 valence electrons. The summed E-state index contributed by atoms with van der Waals surface area (Å²) in [7, 11) is 0. The first-order valence-electron chi connectivity index (χ1n) is 7.22. The molecule has 1 atom stereocenters. The van der Waals surface area contributed by atoms with Crippen molar-refractivity contribution in [1.29, 1.82) is 0 Å². The van der Waals surface area contributed by atoms with Gasteiger partial charge in [0, 0.05) is 13.0 Å². The van der Waals surface area contributed by atoms with Crippen LogP contribution in [0.3, 0.4) is 0 Å². The van der Waals surface area contributed by atoms with E-state index >= 15 is 0 Å². The fourth-order valence-electron chi connectivity index (χ4n) is 2.23. The SMILES string of the molecule is CCc1oc(C(=O)NCCC(O)c2ccccc2)cc1C. The van der Waals surface area contributed by atoms with Crippen molar-refractivity contribution in [1.82, 2.24) is 5.32 Å². The molecule has 1 amide bonds. The van der Waals surface area contributed by atoms with Gasteiger partial charge in [-0.25, -0.2) is 0 Å². The van der Waals surface area contributed by atoms with Crippen LogP contribution < -0.4 is 5.32 Å². The number of hydrogen-bond donors (Lipinski definition) is 2. The first-order chi connectivity index (χ1) is 10.1. The summed E-state index contributed by atoms with van der Waals surface area (Å²) in [4.78, 5) is 12.0. The van der Waals surface area contributed by atoms with Gasteiger partial charge in [-0.1, -0.05) is 37.3 Å². The highest BCUT2D eigenvalue weighted by Gasteiger charge is 2.14. The van der Waals surface area contributed by atoms with E-state index in [1.807, 2.05) is 44.2 Å². The van der Waals surface area contributed by atoms with Crippen molar-refractivity contribution in [2.45, 2.75) is 32.8 Å². The van der Waals surface area contributed by atoms with E-state index in [4.69, 9.17) is 4.42 Å². The van der Waals surface area contributed by atoms with Crippen LogP contribution in [0.15, 0.2) is 40.8 Å². The van der Waals surface area contributed by atoms with Gasteiger partial charge in [0.2, 0.25) is 0 Å². The van der Waals surface area contributed by atoms with Gasteiger partial charge in [0.05, 0.1) is 6.10 Å². The molecule has 2 aromatic rings. The number of amides is 1. The number of furan rings is 1. The van der Waals surface area contributed by atoms with Crippen LogP contribution in [0.4, 0.5) is 0 Å². The van der Waals surface area contributed by atoms with E-state index in [2.05, 4.69) is 5.32 Å². The molecule has 0 aliphatic heterocycles. The Bertz CT molecular complexity index is 589. The smallest absolute Gasteiger partial charge is 0.287 e. The molecule has 2 rings (SSSR count). The van der Waals surface area contributed by atoms with Crippen molar-refractivity contribution in [3.63, 3.8) is 0 Å². The van der Waals surface area contributed by atoms with Crippen LogP contribution in [0.2, 0.25) is 0 Å². The Morgan fingerprint density at radius 1 is 1.33 bits per heavy atom. The molecule has 0 aliphatic carbocycles. The van der Waals surface area contributed by atoms with Gasteiger partial charge in [-0.05, 0) is 30.5 Å². The lowest BCUT2D eigenvalue weighted by molar-refractivity contribution is 0.0913. The van der Waals surface area contributed by atoms with Gasteiger partial charge in [0.1, 0.15) is 5.76 Å². The van der Waals surface area contributed by atoms with Crippen molar-refractivity contribution >= 4 is 5.91 Å². The zero-order valence-electron chi connectivity index (χ0n) is 12.4. The standard InChI is InChI=1S/C17H21NO3/c1-3-15-12(2)11-16(21-15)17(20)18-10-9-14(19)13-7-5-4-6-8-13/h4-8,11,14,19H,3,9-10H2,1-2H3,(H,18,20). The van der Waals surface area contributed by atoms with Crippen LogP contribution in [0, 0.1) is 6.92 Å². The zero-order chi connectivity index (χ0) is 15.2. The summed E-state index contributed by atoms with van der Waals surface area (Å²) in [5.74, 6) is 0.932. The van der Waals surface area contributed by atoms with Crippen LogP contribution in [-0.4, -0.2) is 17.6 Å². The van der Waals surface area contributed by atoms with E-state index < -0.39 is 6.10 Å². The zero-order valence-corrected chi connectivity index (χ0v) is 12.4. The molecule has 0 spiro atoms. The maximum absolute atomic E-state index is 12.0. The molecule has 0 bridgehead atoms. The number of carbonyl (C=O) groups excluding carboxylic acids is 1. The molecule has 0 saturated heterocycles. The van der Waals surface area contributed by atoms with Crippen molar-refractivity contribution < 1.29 is 14.3 Å². The Balaban J connectivity index is 1.84. The molecule has 2 N–H and O–H groups in total. The van der Waals surface area contributed by atoms with E-state index in [1.165, 1.54) is 0 Å². The number of rotatable bonds is 6. The third kappa shape index (κ3) is 3.95. The number of aliphatic hydroxyl groups is 1. The average Bonchev–Trinajstić information content (AvgIpc) is 2.89. The second-order valence-corrected chi connectivity index (χ2v) is 5.04. The highest BCUT2D eigenvalue weighted by Crippen LogP contribution is 2.16. The van der Waals surface area contributed by atoms with Gasteiger partial charge in [-0.3, -0.25) is 4.79 Å². The van der Waals surface area contributed by atoms with Gasteiger partial charge in [-0.15, -0.1) is 0 Å². The van der Waals surface area contributed by atoms with Gasteiger partial charge in [0.15, 0.2) is 5.76 Å². The number of carbonyl (C=O) groups is 1. The highest BCUT2D eigenvalue weighted by atomic mass is 16.4. The first-order valence-corrected chi connectivity index (χ1v) is 7.22. The molecule has 1 aromatic carbocycles. The molecule has 1 aromatic heterocycles. The van der Waals surface area contributed by atoms with Crippen LogP contribution in [0.1, 0.15) is 46.9 Å². The summed E-state index contributed by atoms with van der Waals surface area (Å²) >= 11 is 0. The minimum Gasteiger partial charge on any atom is -0.456 e. The predicted octanol–water partition coefficient (Wildman–Crippen LogP) is 3.00. The lowest BCUT2D eigenvalue weighted by atomic mass is 10.1. The molecule has 0 saturated carbocycles. The fourth-order valence-corrected chi connectivity index (χ4v) is 2.23. The van der Waals surface area contributed by atoms with Crippen LogP contribution in [0.5, 0.6) is 0 Å². The van der Waals surface area contributed by atoms with Crippen LogP contribution in [0.25, 0.3) is 0 Å². The Hall–Kier alpha value is -2.07. The average molecular weight is 287 g/mol. The third-order valence-corrected chi connectivity index (χ3v) is 3.45. The molecular formula is C17H21NO3. The molecule has 4 heteroatoms. The van der Waals surface area contributed by atoms with Gasteiger partial charge >= 0.3 is 0 Å². The largest absolute Gasteiger partial charge is 0.456 e. The van der Waals surface area contributed by atoms with Crippen molar-refractivity contribution in [2.24, 2.45) is 0 Å². The van der Waals surface area contributed by atoms with E-state index in [-0.39, 0.29) is 5.91 Å². The third-order valence-electron chi connectivity index (χ3n) is 3.45. The maximum Gasteiger partial charge on any atom is 0.287 e. The van der Waals surface area contributed by atoms with Crippen molar-refractivity contribution in [2.75, 3.05) is 6.54 Å². The molecule has 0 radical (unpaired) electrons. The summed E-state index contributed by atoms with van der Waals surface area (Å²) in [6.45, 7) is 4.32. The second kappa shape index (κ2) is 7.09. The number of benzene rings is 1. The topological polar surface area (TPSA) is 62.5 Å². The van der Waals surface area contributed by atoms with E-state index in [9.17, 15) is 9.90 Å². The molecule has 1 heterocycles. The molecule has 1 unspecified atom stereocenters. The fraction of sp³-hybridized carbons (Fsp3) is 0.353. The Morgan fingerprint density at radius 2 is 2.05 bits per heavy atom. The predicted molar refractivity (Wildman–Crippen MR) is 81.2 cm³/mol. The van der Waals surface area contributed by atoms with Gasteiger partial charge in [-0.2, -0.15) is 0 Å². The number of aryl methyl sites for hydroxylation is 2. The minimum absolute atomic E-state index is 0.238. The lowest BCUT2D eigenvalue weighted by Crippen LogP contribution is -2.25. The summed E-state index contributed by atoms with van der Waals surface area (Å²) in [5.41, 5.74) is 1.85. The Labute approximate surface area is 124 Å². The molecule has 21 heavy (non-hydrogen) atoms. The van der Waals surface area contributed by atoms with Crippen LogP contribution in [-0.2, 0) is 6.42 Å². The quantitative estimate of drug-likeness (QED) is 0.858. The molecule has 0 fully saturated rings. The number of nitrogens with one attached hydrogen (secondary N) is 1. The molecule has 4 nitrogen and oxygen atoms in total. The normalized spacial score (nSPS) is 12.1. The molecule has 0 aliphatic rings. The second-order valence-electron chi connectivity index (χ2n) is 5.04. The number of hydrogen-bond acceptors (Lipinski definition) is 3. The highest BCUT2D eigenvalue weighted by molar-refractivity contribution is 5.91. The van der Waals surface area contributed by atoms with Gasteiger partial charge < -0.3 is 14.8 Å². The summed E-state index contributed by atoms with van der Waals surface area (Å²) in [5, 5.41) is 12.8. The number of aliphatic hydroxyl groups excluding tert-OH is 1. The summed E-state index contributed by atoms with van der Waals surface area (Å²) in [6.07, 6.45) is 0.665. The van der Waals surface area contributed by atoms with E-state index in [0.717, 1.165) is 23.3 Å². The van der Waals surface area contributed by atoms with E-state index in [0.29, 0.717) is 18.7 Å². The van der Waals surface area contributed by atoms with Gasteiger partial charge in [0.25, 0.3) is 5.91 Å². The Kier molecular flexibility index (Phi) is 5.17. The van der Waals surface area contributed by atoms with Crippen molar-refractivity contribution in [3.8, 4) is 0 Å². The minimum atomic E-state index is -0.573. The monoisotopic (exact) mass is 287 g/mol. The lowest BCUT2D eigenvalue weighted by Gasteiger charge is -2.11. The Morgan fingerprint density at radius 3 is 2.67 bits per heavy atom. The van der Waals surface area contributed by atoms with Crippen molar-refractivity contribution in [3.05, 3.63) is 59.0 Å². The summed E-state index contributed by atoms with van der Waals surface area (Å²) in [6, 6.07) is 11.2. The first kappa shape index (κ1) is 15.3. The summed E-state index contributed by atoms with van der Waals surface area (Å²) < 4.78 is 5.49. The maximum atomic E-state index is 12.0.